The largest absolute Gasteiger partial charge is 0.415 e. The molecule has 1 amide bonds. The Morgan fingerprint density at radius 2 is 1.96 bits per heavy atom. The summed E-state index contributed by atoms with van der Waals surface area (Å²) in [6, 6.07) is 9.18. The third kappa shape index (κ3) is 4.32. The number of aromatic nitrogens is 2. The highest BCUT2D eigenvalue weighted by atomic mass is 35.5. The van der Waals surface area contributed by atoms with Crippen LogP contribution in [0.1, 0.15) is 17.7 Å². The van der Waals surface area contributed by atoms with Crippen LogP contribution in [-0.2, 0) is 13.6 Å². The van der Waals surface area contributed by atoms with Gasteiger partial charge in [-0.05, 0) is 25.5 Å². The Balaban J connectivity index is 1.57. The van der Waals surface area contributed by atoms with Crippen molar-refractivity contribution in [3.63, 3.8) is 0 Å². The zero-order valence-corrected chi connectivity index (χ0v) is 15.4. The molecular weight excluding hydrogens is 340 g/mol. The number of para-hydroxylation sites is 1. The molecule has 0 bridgehead atoms. The smallest absolute Gasteiger partial charge is 0.410 e. The van der Waals surface area contributed by atoms with Crippen LogP contribution < -0.4 is 4.74 Å². The Bertz CT molecular complexity index is 732. The Hall–Kier alpha value is -2.05. The minimum absolute atomic E-state index is 0.288. The number of aryl methyl sites for hydroxylation is 2. The van der Waals surface area contributed by atoms with Gasteiger partial charge in [0.05, 0.1) is 5.69 Å². The third-order valence-corrected chi connectivity index (χ3v) is 4.92. The van der Waals surface area contributed by atoms with Crippen molar-refractivity contribution in [2.45, 2.75) is 19.9 Å². The van der Waals surface area contributed by atoms with Gasteiger partial charge in [-0.15, -0.1) is 0 Å². The summed E-state index contributed by atoms with van der Waals surface area (Å²) in [4.78, 5) is 16.4. The molecule has 0 radical (unpaired) electrons. The average molecular weight is 363 g/mol. The number of hydrogen-bond acceptors (Lipinski definition) is 4. The average Bonchev–Trinajstić information content (AvgIpc) is 2.79. The van der Waals surface area contributed by atoms with Gasteiger partial charge in [-0.2, -0.15) is 5.10 Å². The molecule has 0 N–H and O–H groups in total. The molecule has 1 aromatic heterocycles. The fourth-order valence-electron chi connectivity index (χ4n) is 3.04. The third-order valence-electron chi connectivity index (χ3n) is 4.45. The van der Waals surface area contributed by atoms with Gasteiger partial charge in [0.15, 0.2) is 0 Å². The number of rotatable bonds is 3. The van der Waals surface area contributed by atoms with Crippen LogP contribution in [0.15, 0.2) is 30.3 Å². The van der Waals surface area contributed by atoms with Crippen LogP contribution >= 0.6 is 11.6 Å². The van der Waals surface area contributed by atoms with Crippen LogP contribution in [0, 0.1) is 6.92 Å². The Kier molecular flexibility index (Phi) is 5.60. The number of ether oxygens (including phenoxy) is 1. The van der Waals surface area contributed by atoms with E-state index in [1.165, 1.54) is 0 Å². The van der Waals surface area contributed by atoms with Gasteiger partial charge in [-0.1, -0.05) is 29.8 Å². The summed E-state index contributed by atoms with van der Waals surface area (Å²) in [6.45, 7) is 5.77. The molecule has 2 aromatic rings. The van der Waals surface area contributed by atoms with E-state index in [0.717, 1.165) is 37.3 Å². The number of nitrogens with zero attached hydrogens (tertiary/aromatic N) is 4. The van der Waals surface area contributed by atoms with Gasteiger partial charge in [-0.25, -0.2) is 4.79 Å². The van der Waals surface area contributed by atoms with Gasteiger partial charge in [-0.3, -0.25) is 9.58 Å². The monoisotopic (exact) mass is 362 g/mol. The molecule has 0 atom stereocenters. The summed E-state index contributed by atoms with van der Waals surface area (Å²) in [5, 5.41) is 5.05. The van der Waals surface area contributed by atoms with Gasteiger partial charge in [0.2, 0.25) is 0 Å². The van der Waals surface area contributed by atoms with E-state index in [-0.39, 0.29) is 6.09 Å². The molecule has 7 heteroatoms. The second kappa shape index (κ2) is 7.89. The van der Waals surface area contributed by atoms with E-state index in [0.29, 0.717) is 24.0 Å². The maximum atomic E-state index is 12.3. The van der Waals surface area contributed by atoms with Crippen molar-refractivity contribution in [3.05, 3.63) is 46.7 Å². The Labute approximate surface area is 152 Å². The van der Waals surface area contributed by atoms with E-state index in [2.05, 4.69) is 10.00 Å². The number of hydrogen-bond donors (Lipinski definition) is 0. The molecule has 0 spiro atoms. The summed E-state index contributed by atoms with van der Waals surface area (Å²) in [5.41, 5.74) is 2.02. The molecule has 1 aliphatic heterocycles. The second-order valence-corrected chi connectivity index (χ2v) is 6.63. The Morgan fingerprint density at radius 3 is 2.64 bits per heavy atom. The fraction of sp³-hybridized carbons (Fsp3) is 0.444. The number of benzene rings is 1. The summed E-state index contributed by atoms with van der Waals surface area (Å²) < 4.78 is 7.14. The highest BCUT2D eigenvalue weighted by molar-refractivity contribution is 6.30. The maximum absolute atomic E-state index is 12.3. The molecule has 6 nitrogen and oxygen atoms in total. The van der Waals surface area contributed by atoms with Crippen molar-refractivity contribution in [3.8, 4) is 5.75 Å². The lowest BCUT2D eigenvalue weighted by Gasteiger charge is -2.21. The molecule has 0 aliphatic carbocycles. The molecular formula is C18H23ClN4O2. The van der Waals surface area contributed by atoms with Crippen LogP contribution in [0.4, 0.5) is 4.79 Å². The van der Waals surface area contributed by atoms with Gasteiger partial charge in [0.25, 0.3) is 0 Å². The van der Waals surface area contributed by atoms with E-state index < -0.39 is 0 Å². The van der Waals surface area contributed by atoms with Crippen LogP contribution in [-0.4, -0.2) is 51.9 Å². The van der Waals surface area contributed by atoms with Crippen molar-refractivity contribution in [1.82, 2.24) is 19.6 Å². The molecule has 134 valence electrons. The zero-order valence-electron chi connectivity index (χ0n) is 14.6. The normalized spacial score (nSPS) is 15.9. The molecule has 1 aromatic carbocycles. The first-order chi connectivity index (χ1) is 12.0. The highest BCUT2D eigenvalue weighted by Gasteiger charge is 2.22. The van der Waals surface area contributed by atoms with Gasteiger partial charge in [0.1, 0.15) is 10.9 Å². The second-order valence-electron chi connectivity index (χ2n) is 6.28. The van der Waals surface area contributed by atoms with Crippen molar-refractivity contribution in [1.29, 1.82) is 0 Å². The molecule has 1 fully saturated rings. The van der Waals surface area contributed by atoms with Crippen LogP contribution in [0.2, 0.25) is 5.15 Å². The quantitative estimate of drug-likeness (QED) is 0.842. The molecule has 0 unspecified atom stereocenters. The van der Waals surface area contributed by atoms with E-state index in [4.69, 9.17) is 16.3 Å². The Morgan fingerprint density at radius 1 is 1.20 bits per heavy atom. The number of carbonyl (C=O) groups is 1. The number of halogens is 1. The van der Waals surface area contributed by atoms with Crippen LogP contribution in [0.3, 0.4) is 0 Å². The van der Waals surface area contributed by atoms with Gasteiger partial charge in [0, 0.05) is 45.3 Å². The predicted octanol–water partition coefficient (Wildman–Crippen LogP) is 3.09. The SMILES string of the molecule is Cc1nn(C)c(Cl)c1CN1CCCN(C(=O)Oc2ccccc2)CC1. The fourth-order valence-corrected chi connectivity index (χ4v) is 3.28. The lowest BCUT2D eigenvalue weighted by molar-refractivity contribution is 0.153. The van der Waals surface area contributed by atoms with Gasteiger partial charge >= 0.3 is 6.09 Å². The molecule has 1 saturated heterocycles. The molecule has 25 heavy (non-hydrogen) atoms. The lowest BCUT2D eigenvalue weighted by atomic mass is 10.2. The van der Waals surface area contributed by atoms with Crippen molar-refractivity contribution in [2.24, 2.45) is 7.05 Å². The van der Waals surface area contributed by atoms with E-state index >= 15 is 0 Å². The highest BCUT2D eigenvalue weighted by Crippen LogP contribution is 2.21. The van der Waals surface area contributed by atoms with Crippen molar-refractivity contribution >= 4 is 17.7 Å². The summed E-state index contributed by atoms with van der Waals surface area (Å²) in [5.74, 6) is 0.575. The zero-order chi connectivity index (χ0) is 17.8. The number of amides is 1. The topological polar surface area (TPSA) is 50.6 Å². The lowest BCUT2D eigenvalue weighted by Crippen LogP contribution is -2.37. The van der Waals surface area contributed by atoms with Crippen molar-refractivity contribution in [2.75, 3.05) is 26.2 Å². The maximum Gasteiger partial charge on any atom is 0.415 e. The molecule has 2 heterocycles. The predicted molar refractivity (Wildman–Crippen MR) is 96.9 cm³/mol. The summed E-state index contributed by atoms with van der Waals surface area (Å²) >= 11 is 6.33. The summed E-state index contributed by atoms with van der Waals surface area (Å²) in [6.07, 6.45) is 0.615. The van der Waals surface area contributed by atoms with Crippen molar-refractivity contribution < 1.29 is 9.53 Å². The molecule has 0 saturated carbocycles. The first-order valence-electron chi connectivity index (χ1n) is 8.46. The molecule has 3 rings (SSSR count). The minimum Gasteiger partial charge on any atom is -0.410 e. The minimum atomic E-state index is -0.288. The molecule has 1 aliphatic rings. The first kappa shape index (κ1) is 17.8. The summed E-state index contributed by atoms with van der Waals surface area (Å²) in [7, 11) is 1.85. The van der Waals surface area contributed by atoms with E-state index in [1.54, 1.807) is 21.7 Å². The van der Waals surface area contributed by atoms with E-state index in [1.807, 2.05) is 32.2 Å². The van der Waals surface area contributed by atoms with Crippen LogP contribution in [0.5, 0.6) is 5.75 Å². The number of carbonyl (C=O) groups excluding carboxylic acids is 1. The van der Waals surface area contributed by atoms with Gasteiger partial charge < -0.3 is 9.64 Å². The van der Waals surface area contributed by atoms with Crippen LogP contribution in [0.25, 0.3) is 0 Å². The van der Waals surface area contributed by atoms with E-state index in [9.17, 15) is 4.79 Å². The standard InChI is InChI=1S/C18H23ClN4O2/c1-14-16(17(19)21(2)20-14)13-22-9-6-10-23(12-11-22)18(24)25-15-7-4-3-5-8-15/h3-5,7-8H,6,9-13H2,1-2H3. The first-order valence-corrected chi connectivity index (χ1v) is 8.84.